The smallest absolute Gasteiger partial charge is 0.155 e. The molecule has 106 valence electrons. The largest absolute Gasteiger partial charge is 0.341 e. The van der Waals surface area contributed by atoms with E-state index in [0.29, 0.717) is 0 Å². The van der Waals surface area contributed by atoms with Crippen molar-refractivity contribution in [1.29, 1.82) is 0 Å². The van der Waals surface area contributed by atoms with Crippen LogP contribution >= 0.6 is 0 Å². The first-order chi connectivity index (χ1) is 10.1. The van der Waals surface area contributed by atoms with Crippen molar-refractivity contribution >= 4 is 33.7 Å². The number of hydrogen-bond acceptors (Lipinski definition) is 1. The highest BCUT2D eigenvalue weighted by Crippen LogP contribution is 2.30. The van der Waals surface area contributed by atoms with Gasteiger partial charge in [-0.15, -0.1) is 0 Å². The van der Waals surface area contributed by atoms with Crippen LogP contribution in [0.2, 0.25) is 0 Å². The molecule has 3 aromatic rings. The quantitative estimate of drug-likeness (QED) is 0.630. The number of para-hydroxylation sites is 1. The molecule has 0 unspecified atom stereocenters. The highest BCUT2D eigenvalue weighted by molar-refractivity contribution is 6.09. The van der Waals surface area contributed by atoms with Gasteiger partial charge in [-0.1, -0.05) is 24.3 Å². The molecular weight excluding hydrogens is 258 g/mol. The molecule has 0 fully saturated rings. The van der Waals surface area contributed by atoms with Crippen molar-refractivity contribution in [1.82, 2.24) is 4.57 Å². The van der Waals surface area contributed by atoms with Crippen LogP contribution in [0.5, 0.6) is 0 Å². The topological polar surface area (TPSA) is 22.0 Å². The number of aryl methyl sites for hydroxylation is 1. The highest BCUT2D eigenvalue weighted by atomic mass is 16.1. The molecule has 0 saturated heterocycles. The Hall–Kier alpha value is -2.35. The van der Waals surface area contributed by atoms with Crippen molar-refractivity contribution in [2.75, 3.05) is 0 Å². The Kier molecular flexibility index (Phi) is 3.38. The number of rotatable bonds is 3. The Morgan fingerprint density at radius 1 is 1.05 bits per heavy atom. The van der Waals surface area contributed by atoms with Crippen LogP contribution in [0.15, 0.2) is 48.0 Å². The van der Waals surface area contributed by atoms with Crippen molar-refractivity contribution in [3.63, 3.8) is 0 Å². The Morgan fingerprint density at radius 3 is 2.48 bits per heavy atom. The number of Topliss-reactive ketones (excluding diaryl/α,β-unsaturated/α-hetero) is 1. The van der Waals surface area contributed by atoms with Crippen molar-refractivity contribution < 1.29 is 4.79 Å². The van der Waals surface area contributed by atoms with E-state index in [1.807, 2.05) is 13.0 Å². The Morgan fingerprint density at radius 2 is 1.76 bits per heavy atom. The molecule has 2 nitrogen and oxygen atoms in total. The van der Waals surface area contributed by atoms with Gasteiger partial charge in [-0.05, 0) is 56.2 Å². The molecule has 0 aliphatic carbocycles. The van der Waals surface area contributed by atoms with Crippen molar-refractivity contribution in [2.24, 2.45) is 0 Å². The van der Waals surface area contributed by atoms with Gasteiger partial charge in [0.05, 0.1) is 0 Å². The van der Waals surface area contributed by atoms with Crippen molar-refractivity contribution in [2.45, 2.75) is 27.3 Å². The van der Waals surface area contributed by atoms with E-state index in [9.17, 15) is 4.79 Å². The molecule has 0 aliphatic rings. The zero-order chi connectivity index (χ0) is 15.0. The van der Waals surface area contributed by atoms with Crippen LogP contribution in [0.4, 0.5) is 0 Å². The first kappa shape index (κ1) is 13.6. The van der Waals surface area contributed by atoms with E-state index >= 15 is 0 Å². The lowest BCUT2D eigenvalue weighted by molar-refractivity contribution is -0.113. The Balaban J connectivity index is 2.29. The number of hydrogen-bond donors (Lipinski definition) is 0. The summed E-state index contributed by atoms with van der Waals surface area (Å²) in [7, 11) is 0. The second-order valence-corrected chi connectivity index (χ2v) is 5.42. The predicted molar refractivity (Wildman–Crippen MR) is 89.5 cm³/mol. The lowest BCUT2D eigenvalue weighted by Crippen LogP contribution is -1.93. The van der Waals surface area contributed by atoms with Gasteiger partial charge >= 0.3 is 0 Å². The molecule has 2 aromatic carbocycles. The van der Waals surface area contributed by atoms with Gasteiger partial charge in [0.25, 0.3) is 0 Å². The Bertz CT molecular complexity index is 868. The monoisotopic (exact) mass is 277 g/mol. The number of benzene rings is 2. The number of ketones is 1. The number of carbonyl (C=O) groups is 1. The summed E-state index contributed by atoms with van der Waals surface area (Å²) in [5.41, 5.74) is 4.37. The van der Waals surface area contributed by atoms with Crippen LogP contribution in [0, 0.1) is 0 Å². The number of aromatic nitrogens is 1. The molecule has 0 atom stereocenters. The maximum Gasteiger partial charge on any atom is 0.155 e. The third kappa shape index (κ3) is 2.27. The second-order valence-electron chi connectivity index (χ2n) is 5.42. The molecule has 0 amide bonds. The van der Waals surface area contributed by atoms with Crippen molar-refractivity contribution in [3.8, 4) is 0 Å². The van der Waals surface area contributed by atoms with Gasteiger partial charge in [0.15, 0.2) is 5.78 Å². The molecule has 0 N–H and O–H groups in total. The number of carbonyl (C=O) groups excluding carboxylic acids is 1. The molecular formula is C19H19NO. The minimum Gasteiger partial charge on any atom is -0.341 e. The molecule has 0 aliphatic heterocycles. The summed E-state index contributed by atoms with van der Waals surface area (Å²) in [6, 6.07) is 14.9. The molecule has 21 heavy (non-hydrogen) atoms. The third-order valence-corrected chi connectivity index (χ3v) is 4.05. The molecule has 0 spiro atoms. The number of nitrogens with zero attached hydrogens (tertiary/aromatic N) is 1. The van der Waals surface area contributed by atoms with Crippen LogP contribution in [-0.2, 0) is 11.3 Å². The van der Waals surface area contributed by atoms with Gasteiger partial charge in [0.1, 0.15) is 0 Å². The molecule has 3 rings (SSSR count). The minimum absolute atomic E-state index is 0.117. The second kappa shape index (κ2) is 5.21. The predicted octanol–water partition coefficient (Wildman–Crippen LogP) is 4.81. The summed E-state index contributed by atoms with van der Waals surface area (Å²) in [5, 5.41) is 2.52. The highest BCUT2D eigenvalue weighted by Gasteiger charge is 2.09. The zero-order valence-corrected chi connectivity index (χ0v) is 12.7. The average Bonchev–Trinajstić information content (AvgIpc) is 2.80. The van der Waals surface area contributed by atoms with Crippen LogP contribution in [-0.4, -0.2) is 10.4 Å². The Labute approximate surface area is 124 Å². The first-order valence-electron chi connectivity index (χ1n) is 7.32. The molecule has 1 heterocycles. The number of fused-ring (bicyclic) bond motifs is 3. The maximum absolute atomic E-state index is 11.4. The summed E-state index contributed by atoms with van der Waals surface area (Å²) in [6.45, 7) is 6.58. The van der Waals surface area contributed by atoms with E-state index in [0.717, 1.165) is 17.7 Å². The summed E-state index contributed by atoms with van der Waals surface area (Å²) in [5.74, 6) is 0.117. The van der Waals surface area contributed by atoms with Crippen molar-refractivity contribution in [3.05, 3.63) is 53.6 Å². The van der Waals surface area contributed by atoms with Crippen LogP contribution in [0.3, 0.4) is 0 Å². The maximum atomic E-state index is 11.4. The molecule has 2 heteroatoms. The van der Waals surface area contributed by atoms with Gasteiger partial charge in [-0.3, -0.25) is 4.79 Å². The van der Waals surface area contributed by atoms with E-state index in [2.05, 4.69) is 54.0 Å². The summed E-state index contributed by atoms with van der Waals surface area (Å²) in [4.78, 5) is 11.4. The van der Waals surface area contributed by atoms with E-state index in [1.165, 1.54) is 21.8 Å². The molecule has 1 aromatic heterocycles. The fourth-order valence-electron chi connectivity index (χ4n) is 2.85. The van der Waals surface area contributed by atoms with E-state index < -0.39 is 0 Å². The fourth-order valence-corrected chi connectivity index (χ4v) is 2.85. The zero-order valence-electron chi connectivity index (χ0n) is 12.7. The van der Waals surface area contributed by atoms with Gasteiger partial charge in [-0.25, -0.2) is 0 Å². The average molecular weight is 277 g/mol. The van der Waals surface area contributed by atoms with Gasteiger partial charge < -0.3 is 4.57 Å². The molecule has 0 saturated carbocycles. The lowest BCUT2D eigenvalue weighted by atomic mass is 10.1. The summed E-state index contributed by atoms with van der Waals surface area (Å²) in [6.07, 6.45) is 1.96. The van der Waals surface area contributed by atoms with E-state index in [4.69, 9.17) is 0 Å². The van der Waals surface area contributed by atoms with E-state index in [1.54, 1.807) is 6.92 Å². The lowest BCUT2D eigenvalue weighted by Gasteiger charge is -2.03. The van der Waals surface area contributed by atoms with Gasteiger partial charge in [0.2, 0.25) is 0 Å². The molecule has 0 radical (unpaired) electrons. The van der Waals surface area contributed by atoms with Crippen LogP contribution in [0.25, 0.3) is 27.9 Å². The fraction of sp³-hybridized carbons (Fsp3) is 0.211. The minimum atomic E-state index is 0.117. The normalized spacial score (nSPS) is 12.2. The summed E-state index contributed by atoms with van der Waals surface area (Å²) < 4.78 is 2.33. The third-order valence-electron chi connectivity index (χ3n) is 4.05. The summed E-state index contributed by atoms with van der Waals surface area (Å²) >= 11 is 0. The van der Waals surface area contributed by atoms with Gasteiger partial charge in [0, 0.05) is 28.4 Å². The van der Waals surface area contributed by atoms with Crippen LogP contribution in [0.1, 0.15) is 26.3 Å². The molecule has 0 bridgehead atoms. The van der Waals surface area contributed by atoms with E-state index in [-0.39, 0.29) is 5.78 Å². The van der Waals surface area contributed by atoms with Gasteiger partial charge in [-0.2, -0.15) is 0 Å². The SMILES string of the molecule is CCn1c2ccccc2c2cc(/C=C(/C)C(C)=O)ccc21. The first-order valence-corrected chi connectivity index (χ1v) is 7.32. The number of allylic oxidation sites excluding steroid dienone is 1. The van der Waals surface area contributed by atoms with Crippen LogP contribution < -0.4 is 0 Å². The standard InChI is InChI=1S/C19H19NO/c1-4-20-18-8-6-5-7-16(18)17-12-15(9-10-19(17)20)11-13(2)14(3)21/h5-12H,4H2,1-3H3/b13-11-.